The highest BCUT2D eigenvalue weighted by Crippen LogP contribution is 2.39. The summed E-state index contributed by atoms with van der Waals surface area (Å²) in [7, 11) is 0. The predicted octanol–water partition coefficient (Wildman–Crippen LogP) is 3.42. The Hall–Kier alpha value is -0.800. The number of hydrogen-bond donors (Lipinski definition) is 1. The van der Waals surface area contributed by atoms with Gasteiger partial charge in [0.1, 0.15) is 11.5 Å². The summed E-state index contributed by atoms with van der Waals surface area (Å²) < 4.78 is 5.72. The van der Waals surface area contributed by atoms with Crippen molar-refractivity contribution in [1.82, 2.24) is 10.2 Å². The van der Waals surface area contributed by atoms with Crippen molar-refractivity contribution in [1.29, 1.82) is 0 Å². The minimum Gasteiger partial charge on any atom is -0.466 e. The zero-order valence-electron chi connectivity index (χ0n) is 13.2. The second-order valence-corrected chi connectivity index (χ2v) is 6.90. The van der Waals surface area contributed by atoms with E-state index in [1.54, 1.807) is 0 Å². The second-order valence-electron chi connectivity index (χ2n) is 6.90. The normalized spacial score (nSPS) is 29.8. The Labute approximate surface area is 122 Å². The van der Waals surface area contributed by atoms with Crippen LogP contribution in [0.5, 0.6) is 0 Å². The largest absolute Gasteiger partial charge is 0.466 e. The van der Waals surface area contributed by atoms with E-state index < -0.39 is 0 Å². The molecule has 1 spiro atoms. The summed E-state index contributed by atoms with van der Waals surface area (Å²) in [5.41, 5.74) is 1.90. The average molecular weight is 276 g/mol. The fraction of sp³-hybridized carbons (Fsp3) is 0.765. The highest BCUT2D eigenvalue weighted by Gasteiger charge is 2.38. The van der Waals surface area contributed by atoms with E-state index in [2.05, 4.69) is 30.1 Å². The van der Waals surface area contributed by atoms with E-state index in [1.165, 1.54) is 57.4 Å². The Kier molecular flexibility index (Phi) is 3.91. The average Bonchev–Trinajstić information content (AvgIpc) is 2.78. The minimum atomic E-state index is 0.478. The lowest BCUT2D eigenvalue weighted by atomic mass is 9.74. The highest BCUT2D eigenvalue weighted by atomic mass is 16.3. The molecule has 2 aliphatic rings. The van der Waals surface area contributed by atoms with Crippen molar-refractivity contribution >= 4 is 0 Å². The highest BCUT2D eigenvalue weighted by molar-refractivity contribution is 5.23. The number of aryl methyl sites for hydroxylation is 2. The Morgan fingerprint density at radius 3 is 2.75 bits per heavy atom. The van der Waals surface area contributed by atoms with Crippen LogP contribution in [0.15, 0.2) is 10.5 Å². The SMILES string of the molecule is Cc1cc(C(C)N2CCCC3(CCCNC3)C2)c(C)o1. The lowest BCUT2D eigenvalue weighted by Crippen LogP contribution is -2.51. The van der Waals surface area contributed by atoms with Crippen LogP contribution in [0.4, 0.5) is 0 Å². The van der Waals surface area contributed by atoms with Gasteiger partial charge in [0.2, 0.25) is 0 Å². The fourth-order valence-corrected chi connectivity index (χ4v) is 4.22. The lowest BCUT2D eigenvalue weighted by molar-refractivity contribution is 0.0412. The van der Waals surface area contributed by atoms with Crippen LogP contribution in [0.2, 0.25) is 0 Å². The number of furan rings is 1. The van der Waals surface area contributed by atoms with E-state index in [0.29, 0.717) is 11.5 Å². The molecular weight excluding hydrogens is 248 g/mol. The maximum absolute atomic E-state index is 5.72. The topological polar surface area (TPSA) is 28.4 Å². The maximum atomic E-state index is 5.72. The molecule has 2 fully saturated rings. The van der Waals surface area contributed by atoms with Crippen LogP contribution in [0, 0.1) is 19.3 Å². The first-order valence-corrected chi connectivity index (χ1v) is 8.11. The molecule has 1 N–H and O–H groups in total. The summed E-state index contributed by atoms with van der Waals surface area (Å²) >= 11 is 0. The second kappa shape index (κ2) is 5.53. The number of nitrogens with zero attached hydrogens (tertiary/aromatic N) is 1. The molecule has 0 radical (unpaired) electrons. The molecule has 20 heavy (non-hydrogen) atoms. The molecule has 0 saturated carbocycles. The predicted molar refractivity (Wildman–Crippen MR) is 81.9 cm³/mol. The van der Waals surface area contributed by atoms with Gasteiger partial charge < -0.3 is 9.73 Å². The molecular formula is C17H28N2O. The zero-order chi connectivity index (χ0) is 14.2. The number of piperidine rings is 2. The third kappa shape index (κ3) is 2.66. The van der Waals surface area contributed by atoms with E-state index in [0.717, 1.165) is 11.5 Å². The van der Waals surface area contributed by atoms with E-state index in [1.807, 2.05) is 6.92 Å². The van der Waals surface area contributed by atoms with Crippen molar-refractivity contribution in [3.05, 3.63) is 23.2 Å². The molecule has 1 aromatic rings. The Balaban J connectivity index is 1.74. The van der Waals surface area contributed by atoms with Gasteiger partial charge in [0.15, 0.2) is 0 Å². The van der Waals surface area contributed by atoms with Crippen LogP contribution >= 0.6 is 0 Å². The Morgan fingerprint density at radius 1 is 1.30 bits per heavy atom. The van der Waals surface area contributed by atoms with Gasteiger partial charge >= 0.3 is 0 Å². The van der Waals surface area contributed by atoms with E-state index >= 15 is 0 Å². The molecule has 3 heteroatoms. The van der Waals surface area contributed by atoms with Gasteiger partial charge in [0.05, 0.1) is 0 Å². The molecule has 112 valence electrons. The molecule has 3 nitrogen and oxygen atoms in total. The number of rotatable bonds is 2. The van der Waals surface area contributed by atoms with E-state index in [-0.39, 0.29) is 0 Å². The molecule has 2 aliphatic heterocycles. The van der Waals surface area contributed by atoms with Crippen LogP contribution in [-0.4, -0.2) is 31.1 Å². The van der Waals surface area contributed by atoms with Crippen LogP contribution in [0.3, 0.4) is 0 Å². The van der Waals surface area contributed by atoms with Crippen molar-refractivity contribution in [2.45, 2.75) is 52.5 Å². The zero-order valence-corrected chi connectivity index (χ0v) is 13.2. The summed E-state index contributed by atoms with van der Waals surface area (Å²) in [5, 5.41) is 3.61. The molecule has 0 aromatic carbocycles. The van der Waals surface area contributed by atoms with Gasteiger partial charge in [-0.2, -0.15) is 0 Å². The van der Waals surface area contributed by atoms with Gasteiger partial charge in [-0.3, -0.25) is 4.90 Å². The molecule has 3 heterocycles. The number of hydrogen-bond acceptors (Lipinski definition) is 3. The minimum absolute atomic E-state index is 0.478. The fourth-order valence-electron chi connectivity index (χ4n) is 4.22. The van der Waals surface area contributed by atoms with Gasteiger partial charge in [-0.15, -0.1) is 0 Å². The Morgan fingerprint density at radius 2 is 2.10 bits per heavy atom. The van der Waals surface area contributed by atoms with Gasteiger partial charge in [-0.25, -0.2) is 0 Å². The molecule has 0 amide bonds. The van der Waals surface area contributed by atoms with Gasteiger partial charge in [0.25, 0.3) is 0 Å². The first kappa shape index (κ1) is 14.2. The van der Waals surface area contributed by atoms with Crippen molar-refractivity contribution in [2.75, 3.05) is 26.2 Å². The lowest BCUT2D eigenvalue weighted by Gasteiger charge is -2.47. The van der Waals surface area contributed by atoms with Crippen molar-refractivity contribution in [3.63, 3.8) is 0 Å². The quantitative estimate of drug-likeness (QED) is 0.897. The van der Waals surface area contributed by atoms with Crippen LogP contribution in [-0.2, 0) is 0 Å². The Bertz CT molecular complexity index is 454. The van der Waals surface area contributed by atoms with Crippen LogP contribution in [0.25, 0.3) is 0 Å². The summed E-state index contributed by atoms with van der Waals surface area (Å²) in [5.74, 6) is 2.13. The first-order chi connectivity index (χ1) is 9.60. The molecule has 3 rings (SSSR count). The molecule has 2 unspecified atom stereocenters. The van der Waals surface area contributed by atoms with E-state index in [4.69, 9.17) is 4.42 Å². The summed E-state index contributed by atoms with van der Waals surface area (Å²) in [6.45, 7) is 11.4. The standard InChI is InChI=1S/C17H28N2O/c1-13-10-16(15(3)20-13)14(2)19-9-5-7-17(12-19)6-4-8-18-11-17/h10,14,18H,4-9,11-12H2,1-3H3. The molecule has 0 aliphatic carbocycles. The molecule has 1 aromatic heterocycles. The van der Waals surface area contributed by atoms with Gasteiger partial charge in [-0.1, -0.05) is 0 Å². The van der Waals surface area contributed by atoms with Crippen molar-refractivity contribution in [2.24, 2.45) is 5.41 Å². The monoisotopic (exact) mass is 276 g/mol. The van der Waals surface area contributed by atoms with Crippen molar-refractivity contribution in [3.8, 4) is 0 Å². The molecule has 2 saturated heterocycles. The maximum Gasteiger partial charge on any atom is 0.105 e. The van der Waals surface area contributed by atoms with Crippen LogP contribution < -0.4 is 5.32 Å². The number of likely N-dealkylation sites (tertiary alicyclic amines) is 1. The summed E-state index contributed by atoms with van der Waals surface area (Å²) in [4.78, 5) is 2.67. The third-order valence-corrected chi connectivity index (χ3v) is 5.33. The molecule has 0 bridgehead atoms. The summed E-state index contributed by atoms with van der Waals surface area (Å²) in [6, 6.07) is 2.70. The molecule has 2 atom stereocenters. The first-order valence-electron chi connectivity index (χ1n) is 8.11. The smallest absolute Gasteiger partial charge is 0.105 e. The van der Waals surface area contributed by atoms with Gasteiger partial charge in [-0.05, 0) is 71.0 Å². The third-order valence-electron chi connectivity index (χ3n) is 5.33. The number of nitrogens with one attached hydrogen (secondary N) is 1. The van der Waals surface area contributed by atoms with Crippen LogP contribution in [0.1, 0.15) is 55.7 Å². The van der Waals surface area contributed by atoms with E-state index in [9.17, 15) is 0 Å². The summed E-state index contributed by atoms with van der Waals surface area (Å²) in [6.07, 6.45) is 5.47. The van der Waals surface area contributed by atoms with Gasteiger partial charge in [0, 0.05) is 24.7 Å². The van der Waals surface area contributed by atoms with Crippen molar-refractivity contribution < 1.29 is 4.42 Å².